The van der Waals surface area contributed by atoms with Gasteiger partial charge < -0.3 is 10.6 Å². The molecule has 1 aliphatic rings. The van der Waals surface area contributed by atoms with Crippen LogP contribution in [0.4, 0.5) is 11.6 Å². The van der Waals surface area contributed by atoms with Gasteiger partial charge >= 0.3 is 0 Å². The highest BCUT2D eigenvalue weighted by atomic mass is 35.5. The molecule has 0 saturated heterocycles. The van der Waals surface area contributed by atoms with Gasteiger partial charge in [0.15, 0.2) is 0 Å². The van der Waals surface area contributed by atoms with Gasteiger partial charge in [0.1, 0.15) is 6.04 Å². The lowest BCUT2D eigenvalue weighted by Crippen LogP contribution is -2.32. The molecule has 2 aromatic heterocycles. The normalized spacial score (nSPS) is 14.8. The van der Waals surface area contributed by atoms with Gasteiger partial charge in [-0.3, -0.25) is 9.78 Å². The second kappa shape index (κ2) is 10.2. The average molecular weight is 517 g/mol. The molecule has 4 aromatic rings. The molecule has 0 radical (unpaired) electrons. The number of nitrogens with one attached hydrogen (secondary N) is 2. The summed E-state index contributed by atoms with van der Waals surface area (Å²) in [5.74, 6) is 0.978. The second-order valence-electron chi connectivity index (χ2n) is 8.64. The van der Waals surface area contributed by atoms with Gasteiger partial charge in [0, 0.05) is 28.4 Å². The molecule has 9 heteroatoms. The van der Waals surface area contributed by atoms with Crippen LogP contribution in [0.15, 0.2) is 83.3 Å². The first-order valence-electron chi connectivity index (χ1n) is 11.5. The van der Waals surface area contributed by atoms with E-state index in [4.69, 9.17) is 21.7 Å². The number of carbonyl (C=O) groups excluding carboxylic acids is 1. The molecule has 5 rings (SSSR count). The molecular weight excluding hydrogens is 492 g/mol. The minimum Gasteiger partial charge on any atom is -0.328 e. The topological polar surface area (TPSA) is 84.7 Å². The molecular formula is C27H25ClN6OS. The van der Waals surface area contributed by atoms with Crippen LogP contribution in [0.5, 0.6) is 0 Å². The summed E-state index contributed by atoms with van der Waals surface area (Å²) in [4.78, 5) is 22.9. The zero-order chi connectivity index (χ0) is 25.2. The predicted molar refractivity (Wildman–Crippen MR) is 144 cm³/mol. The number of pyridine rings is 1. The average Bonchev–Trinajstić information content (AvgIpc) is 3.27. The highest BCUT2D eigenvalue weighted by Crippen LogP contribution is 2.36. The first kappa shape index (κ1) is 24.1. The molecule has 7 nitrogen and oxygen atoms in total. The van der Waals surface area contributed by atoms with Crippen LogP contribution in [0.3, 0.4) is 0 Å². The van der Waals surface area contributed by atoms with Crippen molar-refractivity contribution in [3.05, 3.63) is 106 Å². The largest absolute Gasteiger partial charge is 0.328 e. The number of hydrogen-bond donors (Lipinski definition) is 2. The summed E-state index contributed by atoms with van der Waals surface area (Å²) in [6, 6.07) is 18.8. The van der Waals surface area contributed by atoms with E-state index in [1.165, 1.54) is 11.8 Å². The summed E-state index contributed by atoms with van der Waals surface area (Å²) >= 11 is 7.81. The van der Waals surface area contributed by atoms with Crippen LogP contribution in [0.25, 0.3) is 0 Å². The fourth-order valence-corrected chi connectivity index (χ4v) is 5.31. The quantitative estimate of drug-likeness (QED) is 0.298. The first-order chi connectivity index (χ1) is 17.4. The number of benzene rings is 2. The van der Waals surface area contributed by atoms with Gasteiger partial charge in [-0.15, -0.1) is 5.10 Å². The summed E-state index contributed by atoms with van der Waals surface area (Å²) in [5, 5.41) is 12.4. The number of aromatic nitrogens is 4. The first-order valence-corrected chi connectivity index (χ1v) is 12.9. The zero-order valence-electron chi connectivity index (χ0n) is 20.1. The molecule has 1 atom stereocenters. The van der Waals surface area contributed by atoms with Crippen molar-refractivity contribution in [2.24, 2.45) is 0 Å². The number of allylic oxidation sites excluding steroid dienone is 1. The Balaban J connectivity index is 1.48. The van der Waals surface area contributed by atoms with Crippen LogP contribution in [0, 0.1) is 13.8 Å². The van der Waals surface area contributed by atoms with Crippen molar-refractivity contribution in [2.45, 2.75) is 37.7 Å². The van der Waals surface area contributed by atoms with E-state index in [1.54, 1.807) is 10.9 Å². The fourth-order valence-electron chi connectivity index (χ4n) is 4.20. The molecule has 1 unspecified atom stereocenters. The lowest BCUT2D eigenvalue weighted by atomic mass is 9.98. The van der Waals surface area contributed by atoms with Crippen molar-refractivity contribution in [1.29, 1.82) is 0 Å². The molecule has 2 N–H and O–H groups in total. The Labute approximate surface area is 219 Å². The number of anilines is 2. The summed E-state index contributed by atoms with van der Waals surface area (Å²) in [5.41, 5.74) is 5.86. The third-order valence-corrected chi connectivity index (χ3v) is 7.25. The number of aryl methyl sites for hydroxylation is 2. The summed E-state index contributed by atoms with van der Waals surface area (Å²) in [6.45, 7) is 5.89. The highest BCUT2D eigenvalue weighted by molar-refractivity contribution is 7.98. The Kier molecular flexibility index (Phi) is 6.80. The standard InChI is InChI=1S/C27H25ClN6OS/c1-16-11-12-21(17(2)14-16)31-25(35)23-18(3)30-26-32-27(36-15-19-8-4-5-9-20(19)28)33-34(26)24(23)22-10-6-7-13-29-22/h4-14,24H,15H2,1-3H3,(H,31,35)(H,30,32,33). The fraction of sp³-hybridized carbons (Fsp3) is 0.185. The van der Waals surface area contributed by atoms with E-state index in [9.17, 15) is 4.79 Å². The van der Waals surface area contributed by atoms with Crippen molar-refractivity contribution in [2.75, 3.05) is 10.6 Å². The molecule has 1 amide bonds. The molecule has 2 aromatic carbocycles. The van der Waals surface area contributed by atoms with Gasteiger partial charge in [-0.1, -0.05) is 65.3 Å². The number of amides is 1. The third-order valence-electron chi connectivity index (χ3n) is 5.99. The maximum absolute atomic E-state index is 13.6. The number of fused-ring (bicyclic) bond motifs is 1. The van der Waals surface area contributed by atoms with E-state index < -0.39 is 6.04 Å². The molecule has 0 saturated carbocycles. The monoisotopic (exact) mass is 516 g/mol. The third kappa shape index (κ3) is 4.87. The van der Waals surface area contributed by atoms with Crippen molar-refractivity contribution in [3.8, 4) is 0 Å². The molecule has 1 aliphatic heterocycles. The van der Waals surface area contributed by atoms with Crippen LogP contribution >= 0.6 is 23.4 Å². The molecule has 0 aliphatic carbocycles. The Hall–Kier alpha value is -3.62. The van der Waals surface area contributed by atoms with E-state index in [2.05, 4.69) is 15.6 Å². The van der Waals surface area contributed by atoms with Crippen LogP contribution < -0.4 is 10.6 Å². The van der Waals surface area contributed by atoms with Crippen LogP contribution in [-0.2, 0) is 10.5 Å². The second-order valence-corrected chi connectivity index (χ2v) is 9.99. The van der Waals surface area contributed by atoms with Gasteiger partial charge in [0.25, 0.3) is 5.91 Å². The van der Waals surface area contributed by atoms with Crippen LogP contribution in [0.1, 0.15) is 35.3 Å². The van der Waals surface area contributed by atoms with Crippen molar-refractivity contribution in [1.82, 2.24) is 19.7 Å². The van der Waals surface area contributed by atoms with E-state index in [1.807, 2.05) is 81.4 Å². The summed E-state index contributed by atoms with van der Waals surface area (Å²) in [6.07, 6.45) is 1.72. The number of rotatable bonds is 6. The van der Waals surface area contributed by atoms with Gasteiger partial charge in [0.05, 0.1) is 11.3 Å². The maximum atomic E-state index is 13.6. The van der Waals surface area contributed by atoms with Gasteiger partial charge in [-0.25, -0.2) is 4.68 Å². The lowest BCUT2D eigenvalue weighted by molar-refractivity contribution is -0.113. The number of halogens is 1. The van der Waals surface area contributed by atoms with E-state index in [-0.39, 0.29) is 5.91 Å². The van der Waals surface area contributed by atoms with Crippen molar-refractivity contribution < 1.29 is 4.79 Å². The Morgan fingerprint density at radius 1 is 1.11 bits per heavy atom. The number of hydrogen-bond acceptors (Lipinski definition) is 6. The Bertz CT molecular complexity index is 1470. The van der Waals surface area contributed by atoms with E-state index in [0.29, 0.717) is 38.8 Å². The zero-order valence-corrected chi connectivity index (χ0v) is 21.7. The Morgan fingerprint density at radius 2 is 1.92 bits per heavy atom. The minimum absolute atomic E-state index is 0.214. The molecule has 36 heavy (non-hydrogen) atoms. The Morgan fingerprint density at radius 3 is 2.67 bits per heavy atom. The van der Waals surface area contributed by atoms with Crippen molar-refractivity contribution in [3.63, 3.8) is 0 Å². The van der Waals surface area contributed by atoms with Gasteiger partial charge in [-0.05, 0) is 56.2 Å². The highest BCUT2D eigenvalue weighted by Gasteiger charge is 2.35. The molecule has 0 fully saturated rings. The molecule has 3 heterocycles. The van der Waals surface area contributed by atoms with Crippen LogP contribution in [0.2, 0.25) is 5.02 Å². The van der Waals surface area contributed by atoms with Gasteiger partial charge in [-0.2, -0.15) is 4.98 Å². The minimum atomic E-state index is -0.532. The van der Waals surface area contributed by atoms with Crippen LogP contribution in [-0.4, -0.2) is 25.7 Å². The molecule has 182 valence electrons. The SMILES string of the molecule is CC1=C(C(=O)Nc2ccc(C)cc2C)C(c2ccccn2)n2nc(SCc3ccccc3Cl)nc2N1. The summed E-state index contributed by atoms with van der Waals surface area (Å²) in [7, 11) is 0. The smallest absolute Gasteiger partial charge is 0.255 e. The summed E-state index contributed by atoms with van der Waals surface area (Å²) < 4.78 is 1.74. The lowest BCUT2D eigenvalue weighted by Gasteiger charge is -2.28. The van der Waals surface area contributed by atoms with Crippen molar-refractivity contribution >= 4 is 40.9 Å². The van der Waals surface area contributed by atoms with E-state index >= 15 is 0 Å². The maximum Gasteiger partial charge on any atom is 0.255 e. The predicted octanol–water partition coefficient (Wildman–Crippen LogP) is 6.16. The van der Waals surface area contributed by atoms with E-state index in [0.717, 1.165) is 22.4 Å². The molecule has 0 spiro atoms. The number of thioether (sulfide) groups is 1. The van der Waals surface area contributed by atoms with Gasteiger partial charge in [0.2, 0.25) is 11.1 Å². The molecule has 0 bridgehead atoms. The number of carbonyl (C=O) groups is 1. The number of nitrogens with zero attached hydrogens (tertiary/aromatic N) is 4.